The summed E-state index contributed by atoms with van der Waals surface area (Å²) in [5, 5.41) is 6.13. The summed E-state index contributed by atoms with van der Waals surface area (Å²) in [5.74, 6) is 0. The fraction of sp³-hybridized carbons (Fsp3) is 0.545. The van der Waals surface area contributed by atoms with Crippen LogP contribution in [-0.2, 0) is 5.41 Å². The highest BCUT2D eigenvalue weighted by atomic mass is 32.1. The Morgan fingerprint density at radius 2 is 1.89 bits per heavy atom. The number of rotatable bonds is 4. The summed E-state index contributed by atoms with van der Waals surface area (Å²) < 4.78 is 35.6. The molecule has 0 saturated heterocycles. The molecule has 0 aliphatic heterocycles. The quantitative estimate of drug-likeness (QED) is 0.875. The van der Waals surface area contributed by atoms with Crippen molar-refractivity contribution in [2.24, 2.45) is 0 Å². The van der Waals surface area contributed by atoms with Crippen LogP contribution in [0, 0.1) is 0 Å². The van der Waals surface area contributed by atoms with E-state index >= 15 is 0 Å². The number of hydrogen-bond acceptors (Lipinski definition) is 2. The Kier molecular flexibility index (Phi) is 4.61. The number of nitrogens with one attached hydrogen (secondary N) is 2. The molecule has 102 valence electrons. The van der Waals surface area contributed by atoms with E-state index in [2.05, 4.69) is 5.32 Å². The summed E-state index contributed by atoms with van der Waals surface area (Å²) in [6.07, 6.45) is -4.39. The van der Waals surface area contributed by atoms with E-state index in [0.717, 1.165) is 4.88 Å². The third-order valence-corrected chi connectivity index (χ3v) is 3.56. The summed E-state index contributed by atoms with van der Waals surface area (Å²) in [7, 11) is 0. The maximum atomic E-state index is 11.9. The number of amides is 2. The summed E-state index contributed by atoms with van der Waals surface area (Å²) in [5.41, 5.74) is -0.302. The van der Waals surface area contributed by atoms with Crippen LogP contribution in [0.1, 0.15) is 18.7 Å². The molecule has 1 heterocycles. The minimum Gasteiger partial charge on any atom is -0.337 e. The summed E-state index contributed by atoms with van der Waals surface area (Å²) in [4.78, 5) is 12.3. The zero-order valence-electron chi connectivity index (χ0n) is 10.1. The SMILES string of the molecule is CC(C)(CNC(=O)NCC(F)(F)F)c1cccs1. The maximum Gasteiger partial charge on any atom is 0.405 e. The molecule has 0 spiro atoms. The summed E-state index contributed by atoms with van der Waals surface area (Å²) >= 11 is 1.55. The topological polar surface area (TPSA) is 41.1 Å². The Labute approximate surface area is 107 Å². The number of urea groups is 1. The lowest BCUT2D eigenvalue weighted by atomic mass is 9.91. The number of carbonyl (C=O) groups excluding carboxylic acids is 1. The standard InChI is InChI=1S/C11H15F3N2OS/c1-10(2,8-4-3-5-18-8)6-15-9(17)16-7-11(12,13)14/h3-5H,6-7H2,1-2H3,(H2,15,16,17). The first kappa shape index (κ1) is 14.8. The number of carbonyl (C=O) groups is 1. The van der Waals surface area contributed by atoms with Gasteiger partial charge in [0, 0.05) is 16.8 Å². The van der Waals surface area contributed by atoms with Crippen LogP contribution in [0.5, 0.6) is 0 Å². The molecule has 3 nitrogen and oxygen atoms in total. The Bertz CT molecular complexity index is 387. The van der Waals surface area contributed by atoms with E-state index in [0.29, 0.717) is 0 Å². The van der Waals surface area contributed by atoms with Crippen molar-refractivity contribution in [3.63, 3.8) is 0 Å². The molecular weight excluding hydrogens is 265 g/mol. The number of alkyl halides is 3. The van der Waals surface area contributed by atoms with Gasteiger partial charge in [-0.15, -0.1) is 11.3 Å². The molecule has 0 unspecified atom stereocenters. The maximum absolute atomic E-state index is 11.9. The van der Waals surface area contributed by atoms with E-state index in [1.165, 1.54) is 0 Å². The first-order valence-electron chi connectivity index (χ1n) is 5.33. The van der Waals surface area contributed by atoms with Gasteiger partial charge in [-0.3, -0.25) is 0 Å². The van der Waals surface area contributed by atoms with Gasteiger partial charge in [-0.2, -0.15) is 13.2 Å². The van der Waals surface area contributed by atoms with Crippen LogP contribution in [0.3, 0.4) is 0 Å². The fourth-order valence-corrected chi connectivity index (χ4v) is 2.15. The van der Waals surface area contributed by atoms with Crippen molar-refractivity contribution < 1.29 is 18.0 Å². The summed E-state index contributed by atoms with van der Waals surface area (Å²) in [6, 6.07) is 3.02. The lowest BCUT2D eigenvalue weighted by Crippen LogP contribution is -2.44. The van der Waals surface area contributed by atoms with Crippen molar-refractivity contribution in [2.45, 2.75) is 25.4 Å². The lowest BCUT2D eigenvalue weighted by molar-refractivity contribution is -0.122. The molecule has 1 aromatic heterocycles. The van der Waals surface area contributed by atoms with Gasteiger partial charge in [0.05, 0.1) is 0 Å². The summed E-state index contributed by atoms with van der Waals surface area (Å²) in [6.45, 7) is 2.79. The van der Waals surface area contributed by atoms with E-state index in [4.69, 9.17) is 0 Å². The van der Waals surface area contributed by atoms with Crippen LogP contribution in [0.25, 0.3) is 0 Å². The van der Waals surface area contributed by atoms with E-state index in [1.807, 2.05) is 31.4 Å². The first-order valence-corrected chi connectivity index (χ1v) is 6.21. The van der Waals surface area contributed by atoms with Gasteiger partial charge in [-0.25, -0.2) is 4.79 Å². The van der Waals surface area contributed by atoms with Gasteiger partial charge in [-0.05, 0) is 11.4 Å². The third kappa shape index (κ3) is 4.95. The smallest absolute Gasteiger partial charge is 0.337 e. The second kappa shape index (κ2) is 5.60. The van der Waals surface area contributed by atoms with Gasteiger partial charge in [0.1, 0.15) is 6.54 Å². The van der Waals surface area contributed by atoms with Crippen LogP contribution in [0.4, 0.5) is 18.0 Å². The molecule has 0 radical (unpaired) electrons. The van der Waals surface area contributed by atoms with Gasteiger partial charge < -0.3 is 10.6 Å². The zero-order chi connectivity index (χ0) is 13.8. The Hall–Kier alpha value is -1.24. The van der Waals surface area contributed by atoms with Gasteiger partial charge in [0.2, 0.25) is 0 Å². The molecular formula is C11H15F3N2OS. The molecule has 2 amide bonds. The highest BCUT2D eigenvalue weighted by Crippen LogP contribution is 2.26. The predicted molar refractivity (Wildman–Crippen MR) is 64.8 cm³/mol. The van der Waals surface area contributed by atoms with Crippen molar-refractivity contribution >= 4 is 17.4 Å². The van der Waals surface area contributed by atoms with Crippen molar-refractivity contribution in [3.8, 4) is 0 Å². The van der Waals surface area contributed by atoms with Crippen molar-refractivity contribution in [2.75, 3.05) is 13.1 Å². The number of thiophene rings is 1. The predicted octanol–water partition coefficient (Wildman–Crippen LogP) is 2.89. The average molecular weight is 280 g/mol. The Balaban J connectivity index is 2.39. The van der Waals surface area contributed by atoms with Gasteiger partial charge in [0.25, 0.3) is 0 Å². The molecule has 0 bridgehead atoms. The van der Waals surface area contributed by atoms with Crippen LogP contribution in [-0.4, -0.2) is 25.3 Å². The van der Waals surface area contributed by atoms with E-state index in [9.17, 15) is 18.0 Å². The van der Waals surface area contributed by atoms with Crippen molar-refractivity contribution in [1.29, 1.82) is 0 Å². The highest BCUT2D eigenvalue weighted by Gasteiger charge is 2.28. The van der Waals surface area contributed by atoms with Crippen LogP contribution < -0.4 is 10.6 Å². The van der Waals surface area contributed by atoms with Gasteiger partial charge >= 0.3 is 12.2 Å². The number of hydrogen-bond donors (Lipinski definition) is 2. The Morgan fingerprint density at radius 3 is 2.39 bits per heavy atom. The molecule has 0 saturated carbocycles. The molecule has 1 aromatic rings. The second-order valence-electron chi connectivity index (χ2n) is 4.51. The van der Waals surface area contributed by atoms with Crippen molar-refractivity contribution in [1.82, 2.24) is 10.6 Å². The molecule has 0 aromatic carbocycles. The van der Waals surface area contributed by atoms with E-state index in [1.54, 1.807) is 16.7 Å². The molecule has 18 heavy (non-hydrogen) atoms. The molecule has 0 fully saturated rings. The fourth-order valence-electron chi connectivity index (χ4n) is 1.30. The molecule has 7 heteroatoms. The average Bonchev–Trinajstić information content (AvgIpc) is 2.76. The highest BCUT2D eigenvalue weighted by molar-refractivity contribution is 7.10. The monoisotopic (exact) mass is 280 g/mol. The number of halogens is 3. The third-order valence-electron chi connectivity index (χ3n) is 2.33. The van der Waals surface area contributed by atoms with Crippen LogP contribution >= 0.6 is 11.3 Å². The van der Waals surface area contributed by atoms with Crippen LogP contribution in [0.2, 0.25) is 0 Å². The van der Waals surface area contributed by atoms with Gasteiger partial charge in [-0.1, -0.05) is 19.9 Å². The molecule has 1 rings (SSSR count). The lowest BCUT2D eigenvalue weighted by Gasteiger charge is -2.23. The molecule has 0 aliphatic carbocycles. The first-order chi connectivity index (χ1) is 8.21. The minimum atomic E-state index is -4.39. The van der Waals surface area contributed by atoms with Crippen molar-refractivity contribution in [3.05, 3.63) is 22.4 Å². The van der Waals surface area contributed by atoms with Crippen LogP contribution in [0.15, 0.2) is 17.5 Å². The van der Waals surface area contributed by atoms with E-state index in [-0.39, 0.29) is 12.0 Å². The minimum absolute atomic E-state index is 0.275. The Morgan fingerprint density at radius 1 is 1.28 bits per heavy atom. The molecule has 0 aliphatic rings. The molecule has 0 atom stereocenters. The largest absolute Gasteiger partial charge is 0.405 e. The zero-order valence-corrected chi connectivity index (χ0v) is 10.9. The van der Waals surface area contributed by atoms with Gasteiger partial charge in [0.15, 0.2) is 0 Å². The molecule has 2 N–H and O–H groups in total. The van der Waals surface area contributed by atoms with E-state index < -0.39 is 18.8 Å². The second-order valence-corrected chi connectivity index (χ2v) is 5.46. The normalized spacial score (nSPS) is 12.3.